The van der Waals surface area contributed by atoms with Crippen LogP contribution in [0, 0.1) is 0 Å². The molecule has 0 spiro atoms. The fraction of sp³-hybridized carbons (Fsp3) is 0.875. The first-order valence-electron chi connectivity index (χ1n) is 4.27. The van der Waals surface area contributed by atoms with E-state index in [9.17, 15) is 4.79 Å². The Balaban J connectivity index is 3.32. The lowest BCUT2D eigenvalue weighted by Gasteiger charge is -2.12. The van der Waals surface area contributed by atoms with Crippen molar-refractivity contribution in [3.8, 4) is 0 Å². The Kier molecular flexibility index (Phi) is 7.29. The van der Waals surface area contributed by atoms with Crippen LogP contribution in [0.15, 0.2) is 0 Å². The van der Waals surface area contributed by atoms with E-state index < -0.39 is 0 Å². The number of carbonyl (C=O) groups excluding carboxylic acids is 1. The highest BCUT2D eigenvalue weighted by molar-refractivity contribution is 7.99. The van der Waals surface area contributed by atoms with Crippen molar-refractivity contribution in [2.45, 2.75) is 26.3 Å². The van der Waals surface area contributed by atoms with Gasteiger partial charge in [-0.1, -0.05) is 6.92 Å². The normalized spacial score (nSPS) is 12.6. The molecule has 0 rings (SSSR count). The van der Waals surface area contributed by atoms with Crippen LogP contribution in [-0.2, 0) is 4.79 Å². The SMILES string of the molecule is CCSCCC(C)NC(=O)CN. The lowest BCUT2D eigenvalue weighted by atomic mass is 10.2. The highest BCUT2D eigenvalue weighted by Crippen LogP contribution is 2.03. The molecule has 4 heteroatoms. The number of hydrogen-bond acceptors (Lipinski definition) is 3. The minimum absolute atomic E-state index is 0.0657. The van der Waals surface area contributed by atoms with Gasteiger partial charge >= 0.3 is 0 Å². The molecule has 0 radical (unpaired) electrons. The van der Waals surface area contributed by atoms with Crippen LogP contribution in [0.5, 0.6) is 0 Å². The zero-order valence-corrected chi connectivity index (χ0v) is 8.62. The van der Waals surface area contributed by atoms with E-state index in [2.05, 4.69) is 12.2 Å². The second-order valence-corrected chi connectivity index (χ2v) is 4.05. The summed E-state index contributed by atoms with van der Waals surface area (Å²) in [7, 11) is 0. The van der Waals surface area contributed by atoms with Crippen LogP contribution in [-0.4, -0.2) is 30.0 Å². The van der Waals surface area contributed by atoms with E-state index in [4.69, 9.17) is 5.73 Å². The summed E-state index contributed by atoms with van der Waals surface area (Å²) in [4.78, 5) is 10.8. The zero-order chi connectivity index (χ0) is 9.40. The smallest absolute Gasteiger partial charge is 0.233 e. The first-order chi connectivity index (χ1) is 5.70. The van der Waals surface area contributed by atoms with Gasteiger partial charge in [0, 0.05) is 6.04 Å². The van der Waals surface area contributed by atoms with Gasteiger partial charge < -0.3 is 11.1 Å². The Bertz CT molecular complexity index is 130. The molecule has 0 saturated carbocycles. The molecule has 1 amide bonds. The Morgan fingerprint density at radius 1 is 1.67 bits per heavy atom. The lowest BCUT2D eigenvalue weighted by molar-refractivity contribution is -0.120. The van der Waals surface area contributed by atoms with Crippen LogP contribution in [0.1, 0.15) is 20.3 Å². The first-order valence-corrected chi connectivity index (χ1v) is 5.43. The number of thioether (sulfide) groups is 1. The second kappa shape index (κ2) is 7.43. The van der Waals surface area contributed by atoms with E-state index >= 15 is 0 Å². The largest absolute Gasteiger partial charge is 0.353 e. The van der Waals surface area contributed by atoms with Gasteiger partial charge in [-0.2, -0.15) is 11.8 Å². The van der Waals surface area contributed by atoms with Gasteiger partial charge in [0.2, 0.25) is 5.91 Å². The molecular weight excluding hydrogens is 172 g/mol. The van der Waals surface area contributed by atoms with E-state index in [0.717, 1.165) is 17.9 Å². The maximum absolute atomic E-state index is 10.8. The summed E-state index contributed by atoms with van der Waals surface area (Å²) in [6, 6.07) is 0.250. The van der Waals surface area contributed by atoms with Gasteiger partial charge in [0.1, 0.15) is 0 Å². The minimum Gasteiger partial charge on any atom is -0.353 e. The average molecular weight is 190 g/mol. The van der Waals surface area contributed by atoms with E-state index in [1.165, 1.54) is 0 Å². The Hall–Kier alpha value is -0.220. The van der Waals surface area contributed by atoms with Crippen LogP contribution < -0.4 is 11.1 Å². The fourth-order valence-electron chi connectivity index (χ4n) is 0.810. The summed E-state index contributed by atoms with van der Waals surface area (Å²) in [5.41, 5.74) is 5.16. The molecule has 0 aromatic rings. The number of hydrogen-bond donors (Lipinski definition) is 2. The van der Waals surface area contributed by atoms with Crippen molar-refractivity contribution in [1.29, 1.82) is 0 Å². The summed E-state index contributed by atoms with van der Waals surface area (Å²) in [5.74, 6) is 2.17. The maximum atomic E-state index is 10.8. The number of rotatable bonds is 6. The molecule has 3 N–H and O–H groups in total. The van der Waals surface area contributed by atoms with Crippen molar-refractivity contribution in [3.63, 3.8) is 0 Å². The molecular formula is C8H18N2OS. The van der Waals surface area contributed by atoms with Gasteiger partial charge in [0.15, 0.2) is 0 Å². The quantitative estimate of drug-likeness (QED) is 0.603. The van der Waals surface area contributed by atoms with Crippen molar-refractivity contribution < 1.29 is 4.79 Å². The van der Waals surface area contributed by atoms with Crippen LogP contribution in [0.3, 0.4) is 0 Å². The third-order valence-electron chi connectivity index (χ3n) is 1.49. The number of nitrogens with one attached hydrogen (secondary N) is 1. The summed E-state index contributed by atoms with van der Waals surface area (Å²) in [6.45, 7) is 4.23. The monoisotopic (exact) mass is 190 g/mol. The minimum atomic E-state index is -0.0657. The summed E-state index contributed by atoms with van der Waals surface area (Å²) < 4.78 is 0. The first kappa shape index (κ1) is 11.8. The van der Waals surface area contributed by atoms with Crippen LogP contribution in [0.4, 0.5) is 0 Å². The van der Waals surface area contributed by atoms with Crippen molar-refractivity contribution in [2.24, 2.45) is 5.73 Å². The number of carbonyl (C=O) groups is 1. The van der Waals surface area contributed by atoms with E-state index in [1.54, 1.807) is 0 Å². The topological polar surface area (TPSA) is 55.1 Å². The molecule has 1 atom stereocenters. The molecule has 0 bridgehead atoms. The lowest BCUT2D eigenvalue weighted by Crippen LogP contribution is -2.37. The van der Waals surface area contributed by atoms with Crippen molar-refractivity contribution in [1.82, 2.24) is 5.32 Å². The molecule has 0 aromatic carbocycles. The second-order valence-electron chi connectivity index (χ2n) is 2.66. The molecule has 3 nitrogen and oxygen atoms in total. The predicted octanol–water partition coefficient (Wildman–Crippen LogP) is 0.593. The predicted molar refractivity (Wildman–Crippen MR) is 54.3 cm³/mol. The molecule has 0 aliphatic heterocycles. The summed E-state index contributed by atoms with van der Waals surface area (Å²) in [6.07, 6.45) is 1.02. The molecule has 0 aromatic heterocycles. The Morgan fingerprint density at radius 3 is 2.83 bits per heavy atom. The maximum Gasteiger partial charge on any atom is 0.233 e. The third kappa shape index (κ3) is 6.49. The number of amides is 1. The van der Waals surface area contributed by atoms with Crippen molar-refractivity contribution in [3.05, 3.63) is 0 Å². The van der Waals surface area contributed by atoms with Gasteiger partial charge in [0.25, 0.3) is 0 Å². The molecule has 0 fully saturated rings. The van der Waals surface area contributed by atoms with Gasteiger partial charge in [0.05, 0.1) is 6.54 Å². The fourth-order valence-corrected chi connectivity index (χ4v) is 1.62. The molecule has 0 aliphatic carbocycles. The summed E-state index contributed by atoms with van der Waals surface area (Å²) in [5, 5.41) is 2.81. The van der Waals surface area contributed by atoms with Gasteiger partial charge in [-0.15, -0.1) is 0 Å². The molecule has 72 valence electrons. The molecule has 0 aliphatic rings. The Morgan fingerprint density at radius 2 is 2.33 bits per heavy atom. The van der Waals surface area contributed by atoms with Crippen LogP contribution in [0.2, 0.25) is 0 Å². The zero-order valence-electron chi connectivity index (χ0n) is 7.80. The van der Waals surface area contributed by atoms with Crippen LogP contribution >= 0.6 is 11.8 Å². The highest BCUT2D eigenvalue weighted by atomic mass is 32.2. The molecule has 1 unspecified atom stereocenters. The van der Waals surface area contributed by atoms with Gasteiger partial charge in [-0.3, -0.25) is 4.79 Å². The molecule has 0 heterocycles. The van der Waals surface area contributed by atoms with Crippen molar-refractivity contribution >= 4 is 17.7 Å². The van der Waals surface area contributed by atoms with E-state index in [0.29, 0.717) is 0 Å². The highest BCUT2D eigenvalue weighted by Gasteiger charge is 2.04. The van der Waals surface area contributed by atoms with Gasteiger partial charge in [-0.25, -0.2) is 0 Å². The molecule has 0 saturated heterocycles. The van der Waals surface area contributed by atoms with E-state index in [-0.39, 0.29) is 18.5 Å². The summed E-state index contributed by atoms with van der Waals surface area (Å²) >= 11 is 1.89. The standard InChI is InChI=1S/C8H18N2OS/c1-3-12-5-4-7(2)10-8(11)6-9/h7H,3-6,9H2,1-2H3,(H,10,11). The number of nitrogens with two attached hydrogens (primary N) is 1. The van der Waals surface area contributed by atoms with Crippen molar-refractivity contribution in [2.75, 3.05) is 18.1 Å². The van der Waals surface area contributed by atoms with Gasteiger partial charge in [-0.05, 0) is 24.9 Å². The molecule has 12 heavy (non-hydrogen) atoms. The van der Waals surface area contributed by atoms with Crippen LogP contribution in [0.25, 0.3) is 0 Å². The Labute approximate surface area is 78.5 Å². The third-order valence-corrected chi connectivity index (χ3v) is 2.42. The van der Waals surface area contributed by atoms with E-state index in [1.807, 2.05) is 18.7 Å². The average Bonchev–Trinajstić information content (AvgIpc) is 2.05.